The fourth-order valence-corrected chi connectivity index (χ4v) is 1.33. The van der Waals surface area contributed by atoms with Crippen LogP contribution < -0.4 is 11.1 Å². The highest BCUT2D eigenvalue weighted by atomic mass is 16.1. The molecule has 0 aromatic carbocycles. The molecule has 1 rings (SSSR count). The molecule has 0 radical (unpaired) electrons. The zero-order valence-electron chi connectivity index (χ0n) is 10.7. The lowest BCUT2D eigenvalue weighted by Crippen LogP contribution is -2.34. The van der Waals surface area contributed by atoms with E-state index < -0.39 is 0 Å². The molecule has 0 fully saturated rings. The van der Waals surface area contributed by atoms with Gasteiger partial charge in [-0.3, -0.25) is 9.78 Å². The van der Waals surface area contributed by atoms with E-state index in [1.165, 1.54) is 0 Å². The minimum atomic E-state index is -0.0776. The molecule has 0 bridgehead atoms. The normalized spacial score (nSPS) is 12.5. The summed E-state index contributed by atoms with van der Waals surface area (Å²) in [6.07, 6.45) is 2.15. The minimum absolute atomic E-state index is 0.00762. The van der Waals surface area contributed by atoms with E-state index in [1.54, 1.807) is 6.20 Å². The van der Waals surface area contributed by atoms with Crippen LogP contribution in [0.2, 0.25) is 0 Å². The summed E-state index contributed by atoms with van der Waals surface area (Å²) in [6, 6.07) is 3.82. The summed E-state index contributed by atoms with van der Waals surface area (Å²) in [4.78, 5) is 15.8. The first-order chi connectivity index (χ1) is 7.99. The van der Waals surface area contributed by atoms with Crippen LogP contribution in [0.15, 0.2) is 18.3 Å². The lowest BCUT2D eigenvalue weighted by molar-refractivity contribution is -0.121. The van der Waals surface area contributed by atoms with Crippen molar-refractivity contribution >= 4 is 5.91 Å². The Balaban J connectivity index is 2.35. The molecule has 1 aromatic heterocycles. The molecular formula is C13H21N3O. The van der Waals surface area contributed by atoms with E-state index in [9.17, 15) is 4.79 Å². The van der Waals surface area contributed by atoms with Gasteiger partial charge in [-0.05, 0) is 24.5 Å². The Labute approximate surface area is 103 Å². The third-order valence-electron chi connectivity index (χ3n) is 2.74. The van der Waals surface area contributed by atoms with Crippen molar-refractivity contribution in [2.75, 3.05) is 0 Å². The molecule has 0 saturated carbocycles. The van der Waals surface area contributed by atoms with Gasteiger partial charge < -0.3 is 11.1 Å². The summed E-state index contributed by atoms with van der Waals surface area (Å²) >= 11 is 0. The molecule has 4 heteroatoms. The van der Waals surface area contributed by atoms with Crippen molar-refractivity contribution in [3.8, 4) is 0 Å². The Morgan fingerprint density at radius 2 is 2.18 bits per heavy atom. The van der Waals surface area contributed by atoms with Crippen LogP contribution in [0.4, 0.5) is 0 Å². The highest BCUT2D eigenvalue weighted by molar-refractivity contribution is 5.76. The van der Waals surface area contributed by atoms with Crippen LogP contribution in [0.5, 0.6) is 0 Å². The second-order valence-corrected chi connectivity index (χ2v) is 4.70. The standard InChI is InChI=1S/C13H21N3O/c1-9(2)12(14)6-13(17)16-8-11-5-4-10(3)15-7-11/h4-5,7,9,12H,6,8,14H2,1-3H3,(H,16,17). The summed E-state index contributed by atoms with van der Waals surface area (Å²) in [5, 5.41) is 2.85. The molecule has 1 atom stereocenters. The zero-order valence-corrected chi connectivity index (χ0v) is 10.7. The predicted molar refractivity (Wildman–Crippen MR) is 68.3 cm³/mol. The molecule has 0 aliphatic carbocycles. The molecule has 4 nitrogen and oxygen atoms in total. The molecule has 0 saturated heterocycles. The van der Waals surface area contributed by atoms with E-state index in [0.717, 1.165) is 11.3 Å². The fourth-order valence-electron chi connectivity index (χ4n) is 1.33. The van der Waals surface area contributed by atoms with Gasteiger partial charge in [0.05, 0.1) is 0 Å². The van der Waals surface area contributed by atoms with E-state index in [2.05, 4.69) is 10.3 Å². The molecule has 1 aromatic rings. The van der Waals surface area contributed by atoms with Gasteiger partial charge in [0.15, 0.2) is 0 Å². The number of carbonyl (C=O) groups excluding carboxylic acids is 1. The molecule has 0 aliphatic heterocycles. The van der Waals surface area contributed by atoms with Crippen molar-refractivity contribution in [2.45, 2.75) is 39.8 Å². The van der Waals surface area contributed by atoms with Gasteiger partial charge in [0, 0.05) is 30.9 Å². The number of rotatable bonds is 5. The molecule has 1 unspecified atom stereocenters. The van der Waals surface area contributed by atoms with E-state index in [0.29, 0.717) is 18.9 Å². The second kappa shape index (κ2) is 6.35. The topological polar surface area (TPSA) is 68.0 Å². The van der Waals surface area contributed by atoms with Crippen molar-refractivity contribution < 1.29 is 4.79 Å². The molecule has 1 amide bonds. The Morgan fingerprint density at radius 1 is 1.47 bits per heavy atom. The number of amides is 1. The van der Waals surface area contributed by atoms with Gasteiger partial charge in [0.1, 0.15) is 0 Å². The molecule has 3 N–H and O–H groups in total. The largest absolute Gasteiger partial charge is 0.352 e. The third-order valence-corrected chi connectivity index (χ3v) is 2.74. The first kappa shape index (κ1) is 13.6. The van der Waals surface area contributed by atoms with Gasteiger partial charge in [-0.25, -0.2) is 0 Å². The average Bonchev–Trinajstić information content (AvgIpc) is 2.28. The average molecular weight is 235 g/mol. The lowest BCUT2D eigenvalue weighted by atomic mass is 10.0. The summed E-state index contributed by atoms with van der Waals surface area (Å²) in [5.41, 5.74) is 7.81. The number of nitrogens with two attached hydrogens (primary N) is 1. The van der Waals surface area contributed by atoms with Crippen molar-refractivity contribution in [1.82, 2.24) is 10.3 Å². The molecule has 1 heterocycles. The first-order valence-corrected chi connectivity index (χ1v) is 5.93. The van der Waals surface area contributed by atoms with E-state index in [-0.39, 0.29) is 11.9 Å². The Hall–Kier alpha value is -1.42. The van der Waals surface area contributed by atoms with Crippen molar-refractivity contribution in [2.24, 2.45) is 11.7 Å². The fraction of sp³-hybridized carbons (Fsp3) is 0.538. The number of hydrogen-bond donors (Lipinski definition) is 2. The van der Waals surface area contributed by atoms with E-state index in [4.69, 9.17) is 5.73 Å². The van der Waals surface area contributed by atoms with Gasteiger partial charge in [0.2, 0.25) is 5.91 Å². The molecule has 17 heavy (non-hydrogen) atoms. The first-order valence-electron chi connectivity index (χ1n) is 5.93. The number of hydrogen-bond acceptors (Lipinski definition) is 3. The number of aryl methyl sites for hydroxylation is 1. The van der Waals surface area contributed by atoms with Gasteiger partial charge in [-0.15, -0.1) is 0 Å². The van der Waals surface area contributed by atoms with Crippen molar-refractivity contribution in [1.29, 1.82) is 0 Å². The van der Waals surface area contributed by atoms with Crippen LogP contribution in [-0.4, -0.2) is 16.9 Å². The Kier molecular flexibility index (Phi) is 5.10. The number of carbonyl (C=O) groups is 1. The zero-order chi connectivity index (χ0) is 12.8. The lowest BCUT2D eigenvalue weighted by Gasteiger charge is -2.14. The summed E-state index contributed by atoms with van der Waals surface area (Å²) in [5.74, 6) is 0.313. The maximum absolute atomic E-state index is 11.6. The minimum Gasteiger partial charge on any atom is -0.352 e. The van der Waals surface area contributed by atoms with Crippen LogP contribution in [-0.2, 0) is 11.3 Å². The van der Waals surface area contributed by atoms with Crippen LogP contribution in [0, 0.1) is 12.8 Å². The molecule has 94 valence electrons. The van der Waals surface area contributed by atoms with Crippen LogP contribution in [0.25, 0.3) is 0 Å². The van der Waals surface area contributed by atoms with Crippen molar-refractivity contribution in [3.05, 3.63) is 29.6 Å². The van der Waals surface area contributed by atoms with Crippen molar-refractivity contribution in [3.63, 3.8) is 0 Å². The monoisotopic (exact) mass is 235 g/mol. The summed E-state index contributed by atoms with van der Waals surface area (Å²) < 4.78 is 0. The SMILES string of the molecule is Cc1ccc(CNC(=O)CC(N)C(C)C)cn1. The number of nitrogens with one attached hydrogen (secondary N) is 1. The molecular weight excluding hydrogens is 214 g/mol. The highest BCUT2D eigenvalue weighted by Crippen LogP contribution is 2.03. The van der Waals surface area contributed by atoms with Crippen LogP contribution in [0.1, 0.15) is 31.5 Å². The summed E-state index contributed by atoms with van der Waals surface area (Å²) in [7, 11) is 0. The predicted octanol–water partition coefficient (Wildman–Crippen LogP) is 1.38. The van der Waals surface area contributed by atoms with Crippen LogP contribution >= 0.6 is 0 Å². The maximum Gasteiger partial charge on any atom is 0.221 e. The summed E-state index contributed by atoms with van der Waals surface area (Å²) in [6.45, 7) is 6.48. The second-order valence-electron chi connectivity index (χ2n) is 4.70. The van der Waals surface area contributed by atoms with Gasteiger partial charge in [0.25, 0.3) is 0 Å². The Bertz CT molecular complexity index is 359. The number of aromatic nitrogens is 1. The van der Waals surface area contributed by atoms with Gasteiger partial charge in [-0.1, -0.05) is 19.9 Å². The van der Waals surface area contributed by atoms with Gasteiger partial charge >= 0.3 is 0 Å². The number of nitrogens with zero attached hydrogens (tertiary/aromatic N) is 1. The van der Waals surface area contributed by atoms with Crippen LogP contribution in [0.3, 0.4) is 0 Å². The third kappa shape index (κ3) is 4.95. The maximum atomic E-state index is 11.6. The van der Waals surface area contributed by atoms with E-state index in [1.807, 2.05) is 32.9 Å². The van der Waals surface area contributed by atoms with Gasteiger partial charge in [-0.2, -0.15) is 0 Å². The quantitative estimate of drug-likeness (QED) is 0.810. The molecule has 0 spiro atoms. The highest BCUT2D eigenvalue weighted by Gasteiger charge is 2.12. The number of pyridine rings is 1. The Morgan fingerprint density at radius 3 is 2.71 bits per heavy atom. The van der Waals surface area contributed by atoms with E-state index >= 15 is 0 Å². The molecule has 0 aliphatic rings. The smallest absolute Gasteiger partial charge is 0.221 e.